The minimum atomic E-state index is -1.63. The lowest BCUT2D eigenvalue weighted by Crippen LogP contribution is -2.49. The Bertz CT molecular complexity index is 1200. The van der Waals surface area contributed by atoms with Crippen molar-refractivity contribution in [2.75, 3.05) is 24.3 Å². The molecule has 3 aromatic rings. The normalized spacial score (nSPS) is 25.5. The number of hydrogen-bond donors (Lipinski definition) is 5. The highest BCUT2D eigenvalue weighted by Gasteiger charge is 2.49. The third kappa shape index (κ3) is 4.31. The van der Waals surface area contributed by atoms with Crippen molar-refractivity contribution in [3.05, 3.63) is 23.9 Å². The molecule has 10 heteroatoms. The lowest BCUT2D eigenvalue weighted by Gasteiger charge is -2.32. The second-order valence-corrected chi connectivity index (χ2v) is 10.5. The molecule has 2 aliphatic rings. The summed E-state index contributed by atoms with van der Waals surface area (Å²) in [7, 11) is 1.62. The van der Waals surface area contributed by atoms with Gasteiger partial charge in [0.25, 0.3) is 0 Å². The number of nitrogens with one attached hydrogen (secondary N) is 2. The maximum absolute atomic E-state index is 11.3. The predicted octanol–water partition coefficient (Wildman–Crippen LogP) is 3.14. The number of nitrogens with zero attached hydrogens (tertiary/aromatic N) is 3. The summed E-state index contributed by atoms with van der Waals surface area (Å²) < 4.78 is 6.44. The van der Waals surface area contributed by atoms with Gasteiger partial charge >= 0.3 is 0 Å². The van der Waals surface area contributed by atoms with E-state index in [-0.39, 0.29) is 6.42 Å². The van der Waals surface area contributed by atoms with E-state index in [0.717, 1.165) is 16.8 Å². The number of anilines is 2. The molecule has 0 spiro atoms. The van der Waals surface area contributed by atoms with Crippen LogP contribution in [0.3, 0.4) is 0 Å². The summed E-state index contributed by atoms with van der Waals surface area (Å²) in [6.07, 6.45) is 1.31. The van der Waals surface area contributed by atoms with Crippen molar-refractivity contribution in [1.29, 1.82) is 0 Å². The monoisotopic (exact) mass is 485 g/mol. The van der Waals surface area contributed by atoms with Crippen LogP contribution in [0.15, 0.2) is 18.2 Å². The number of benzene rings is 1. The molecule has 34 heavy (non-hydrogen) atoms. The minimum Gasteiger partial charge on any atom is -0.494 e. The van der Waals surface area contributed by atoms with Gasteiger partial charge in [-0.15, -0.1) is 11.3 Å². The number of aromatic nitrogens is 3. The van der Waals surface area contributed by atoms with Crippen LogP contribution in [0.2, 0.25) is 0 Å². The summed E-state index contributed by atoms with van der Waals surface area (Å²) in [6.45, 7) is 4.32. The molecule has 4 unspecified atom stereocenters. The molecule has 1 aromatic carbocycles. The third-order valence-electron chi connectivity index (χ3n) is 6.86. The zero-order valence-electron chi connectivity index (χ0n) is 19.6. The average molecular weight is 486 g/mol. The summed E-state index contributed by atoms with van der Waals surface area (Å²) in [6, 6.07) is 5.77. The van der Waals surface area contributed by atoms with E-state index in [0.29, 0.717) is 46.1 Å². The summed E-state index contributed by atoms with van der Waals surface area (Å²) in [4.78, 5) is 14.2. The van der Waals surface area contributed by atoms with Gasteiger partial charge in [-0.1, -0.05) is 6.07 Å². The molecule has 0 amide bonds. The highest BCUT2D eigenvalue weighted by atomic mass is 32.1. The Kier molecular flexibility index (Phi) is 6.09. The van der Waals surface area contributed by atoms with Gasteiger partial charge in [-0.3, -0.25) is 0 Å². The van der Waals surface area contributed by atoms with E-state index >= 15 is 0 Å². The van der Waals surface area contributed by atoms with Crippen LogP contribution in [0.25, 0.3) is 20.8 Å². The highest BCUT2D eigenvalue weighted by Crippen LogP contribution is 2.42. The zero-order valence-corrected chi connectivity index (χ0v) is 20.4. The Morgan fingerprint density at radius 1 is 1.24 bits per heavy atom. The predicted molar refractivity (Wildman–Crippen MR) is 132 cm³/mol. The molecular formula is C24H31N5O4S. The number of ether oxygens (including phenoxy) is 1. The molecule has 0 bridgehead atoms. The van der Waals surface area contributed by atoms with Crippen LogP contribution in [0.4, 0.5) is 11.8 Å². The van der Waals surface area contributed by atoms with E-state index in [9.17, 15) is 15.3 Å². The number of thiazole rings is 1. The molecular weight excluding hydrogens is 454 g/mol. The van der Waals surface area contributed by atoms with E-state index in [4.69, 9.17) is 14.7 Å². The topological polar surface area (TPSA) is 133 Å². The number of fused-ring (bicyclic) bond motifs is 1. The van der Waals surface area contributed by atoms with Crippen LogP contribution in [0.1, 0.15) is 38.3 Å². The summed E-state index contributed by atoms with van der Waals surface area (Å²) in [5.74, 6) is 1.77. The van der Waals surface area contributed by atoms with E-state index in [1.807, 2.05) is 25.1 Å². The zero-order chi connectivity index (χ0) is 24.0. The van der Waals surface area contributed by atoms with Gasteiger partial charge in [0, 0.05) is 12.5 Å². The fourth-order valence-electron chi connectivity index (χ4n) is 4.64. The van der Waals surface area contributed by atoms with Crippen molar-refractivity contribution in [2.24, 2.45) is 11.8 Å². The fourth-order valence-corrected chi connectivity index (χ4v) is 5.73. The second kappa shape index (κ2) is 8.92. The molecule has 5 rings (SSSR count). The lowest BCUT2D eigenvalue weighted by atomic mass is 9.98. The van der Waals surface area contributed by atoms with E-state index < -0.39 is 23.9 Å². The van der Waals surface area contributed by atoms with Gasteiger partial charge in [-0.2, -0.15) is 4.98 Å². The Balaban J connectivity index is 1.57. The number of aliphatic hydroxyl groups excluding tert-OH is 2. The van der Waals surface area contributed by atoms with Crippen molar-refractivity contribution in [2.45, 2.75) is 57.5 Å². The third-order valence-corrected chi connectivity index (χ3v) is 7.90. The molecule has 0 saturated heterocycles. The second-order valence-electron chi connectivity index (χ2n) is 9.44. The molecule has 182 valence electrons. The molecule has 0 aliphatic heterocycles. The van der Waals surface area contributed by atoms with Crippen LogP contribution in [-0.2, 0) is 0 Å². The number of hydrogen-bond acceptors (Lipinski definition) is 10. The molecule has 0 radical (unpaired) electrons. The Hall–Kier alpha value is -2.53. The highest BCUT2D eigenvalue weighted by molar-refractivity contribution is 7.21. The molecule has 5 N–H and O–H groups in total. The summed E-state index contributed by atoms with van der Waals surface area (Å²) >= 11 is 1.49. The number of rotatable bonds is 8. The van der Waals surface area contributed by atoms with Crippen molar-refractivity contribution in [1.82, 2.24) is 15.0 Å². The first-order chi connectivity index (χ1) is 16.3. The van der Waals surface area contributed by atoms with Crippen molar-refractivity contribution in [3.63, 3.8) is 0 Å². The van der Waals surface area contributed by atoms with Crippen molar-refractivity contribution < 1.29 is 20.1 Å². The number of para-hydroxylation sites is 1. The Morgan fingerprint density at radius 2 is 2.03 bits per heavy atom. The number of methoxy groups -OCH3 is 1. The van der Waals surface area contributed by atoms with Gasteiger partial charge in [0.1, 0.15) is 28.2 Å². The standard InChI is InChI=1S/C24H31N5O4S/c1-12-18(22-27-19-16(33-3)5-4-6-17(19)34-22)21(28-23(26-12)25-11-14-7-8-14)29-24(32)10-9-15(13(2)30)20(24)31/h4-6,13-15,20,30-32H,7-11H2,1-3H3,(H2,25,26,28,29). The van der Waals surface area contributed by atoms with Gasteiger partial charge in [-0.25, -0.2) is 9.97 Å². The number of aliphatic hydroxyl groups is 3. The molecule has 2 aliphatic carbocycles. The maximum atomic E-state index is 11.3. The number of aryl methyl sites for hydroxylation is 1. The van der Waals surface area contributed by atoms with Crippen LogP contribution < -0.4 is 15.4 Å². The SMILES string of the molecule is COc1cccc2sc(-c3c(C)nc(NCC4CC4)nc3NC3(O)CCC(C(C)O)C3O)nc12. The summed E-state index contributed by atoms with van der Waals surface area (Å²) in [5.41, 5.74) is 0.498. The molecule has 2 fully saturated rings. The van der Waals surface area contributed by atoms with E-state index in [2.05, 4.69) is 15.6 Å². The Labute approximate surface area is 202 Å². The van der Waals surface area contributed by atoms with Gasteiger partial charge in [-0.05, 0) is 57.6 Å². The first-order valence-electron chi connectivity index (χ1n) is 11.7. The van der Waals surface area contributed by atoms with Crippen LogP contribution >= 0.6 is 11.3 Å². The minimum absolute atomic E-state index is 0.282. The molecule has 2 saturated carbocycles. The van der Waals surface area contributed by atoms with Gasteiger partial charge in [0.05, 0.1) is 29.2 Å². The van der Waals surface area contributed by atoms with Gasteiger partial charge in [0.2, 0.25) is 5.95 Å². The molecule has 9 nitrogen and oxygen atoms in total. The molecule has 4 atom stereocenters. The van der Waals surface area contributed by atoms with Gasteiger partial charge in [0.15, 0.2) is 5.72 Å². The molecule has 2 aromatic heterocycles. The van der Waals surface area contributed by atoms with E-state index in [1.54, 1.807) is 14.0 Å². The van der Waals surface area contributed by atoms with Crippen LogP contribution in [0.5, 0.6) is 5.75 Å². The van der Waals surface area contributed by atoms with Gasteiger partial charge < -0.3 is 30.7 Å². The lowest BCUT2D eigenvalue weighted by molar-refractivity contribution is -0.0663. The first kappa shape index (κ1) is 23.2. The summed E-state index contributed by atoms with van der Waals surface area (Å²) in [5, 5.41) is 39.3. The van der Waals surface area contributed by atoms with Crippen LogP contribution in [-0.4, -0.2) is 61.9 Å². The average Bonchev–Trinajstić information content (AvgIpc) is 3.45. The van der Waals surface area contributed by atoms with Crippen LogP contribution in [0, 0.1) is 18.8 Å². The largest absolute Gasteiger partial charge is 0.494 e. The van der Waals surface area contributed by atoms with Crippen molar-refractivity contribution >= 4 is 33.3 Å². The van der Waals surface area contributed by atoms with Crippen molar-refractivity contribution in [3.8, 4) is 16.3 Å². The quantitative estimate of drug-likeness (QED) is 0.305. The van der Waals surface area contributed by atoms with E-state index in [1.165, 1.54) is 24.2 Å². The molecule has 2 heterocycles. The Morgan fingerprint density at radius 3 is 2.71 bits per heavy atom. The first-order valence-corrected chi connectivity index (χ1v) is 12.5. The smallest absolute Gasteiger partial charge is 0.224 e. The fraction of sp³-hybridized carbons (Fsp3) is 0.542. The maximum Gasteiger partial charge on any atom is 0.224 e.